The van der Waals surface area contributed by atoms with E-state index in [1.54, 1.807) is 41.9 Å². The van der Waals surface area contributed by atoms with Crippen LogP contribution in [0.4, 0.5) is 17.3 Å². The summed E-state index contributed by atoms with van der Waals surface area (Å²) < 4.78 is 1.56. The highest BCUT2D eigenvalue weighted by atomic mass is 35.5. The average molecular weight is 438 g/mol. The number of carbonyl (C=O) groups is 1. The van der Waals surface area contributed by atoms with E-state index in [0.717, 1.165) is 5.69 Å². The number of fused-ring (bicyclic) bond motifs is 1. The van der Waals surface area contributed by atoms with Gasteiger partial charge in [-0.1, -0.05) is 24.6 Å². The maximum absolute atomic E-state index is 12.7. The number of nitrogens with zero attached hydrogens (tertiary/aromatic N) is 6. The van der Waals surface area contributed by atoms with Crippen LogP contribution in [0.25, 0.3) is 5.65 Å². The lowest BCUT2D eigenvalue weighted by molar-refractivity contribution is 0.0933. The lowest BCUT2D eigenvalue weighted by Gasteiger charge is -2.13. The van der Waals surface area contributed by atoms with Gasteiger partial charge < -0.3 is 16.4 Å². The Hall–Kier alpha value is -3.79. The van der Waals surface area contributed by atoms with Crippen LogP contribution in [0.15, 0.2) is 42.6 Å². The first kappa shape index (κ1) is 20.5. The normalized spacial score (nSPS) is 12.0. The molecule has 0 radical (unpaired) electrons. The summed E-state index contributed by atoms with van der Waals surface area (Å²) in [6.45, 7) is 3.70. The molecule has 0 fully saturated rings. The number of carbonyl (C=O) groups excluding carboxylic acids is 1. The molecule has 1 aromatic carbocycles. The van der Waals surface area contributed by atoms with Crippen molar-refractivity contribution in [1.29, 1.82) is 0 Å². The summed E-state index contributed by atoms with van der Waals surface area (Å²) in [7, 11) is 0. The first-order valence-electron chi connectivity index (χ1n) is 9.61. The zero-order valence-corrected chi connectivity index (χ0v) is 17.6. The fourth-order valence-corrected chi connectivity index (χ4v) is 3.15. The number of benzene rings is 1. The quantitative estimate of drug-likeness (QED) is 0.418. The molecule has 4 rings (SSSR count). The van der Waals surface area contributed by atoms with E-state index in [4.69, 9.17) is 17.3 Å². The molecule has 0 saturated carbocycles. The largest absolute Gasteiger partial charge is 0.382 e. The van der Waals surface area contributed by atoms with Crippen LogP contribution >= 0.6 is 11.6 Å². The topological polar surface area (TPSA) is 136 Å². The van der Waals surface area contributed by atoms with Gasteiger partial charge in [0.1, 0.15) is 0 Å². The van der Waals surface area contributed by atoms with Crippen LogP contribution in [-0.2, 0) is 6.42 Å². The molecule has 11 heteroatoms. The minimum Gasteiger partial charge on any atom is -0.382 e. The molecule has 3 heterocycles. The van der Waals surface area contributed by atoms with Gasteiger partial charge >= 0.3 is 0 Å². The van der Waals surface area contributed by atoms with E-state index in [1.165, 1.54) is 0 Å². The number of aryl methyl sites for hydroxylation is 1. The van der Waals surface area contributed by atoms with Crippen molar-refractivity contribution >= 4 is 40.5 Å². The van der Waals surface area contributed by atoms with Crippen molar-refractivity contribution < 1.29 is 4.79 Å². The summed E-state index contributed by atoms with van der Waals surface area (Å²) in [5, 5.41) is 19.5. The van der Waals surface area contributed by atoms with E-state index in [-0.39, 0.29) is 11.5 Å². The van der Waals surface area contributed by atoms with Gasteiger partial charge in [-0.25, -0.2) is 9.97 Å². The Labute approximate surface area is 182 Å². The van der Waals surface area contributed by atoms with Crippen molar-refractivity contribution in [2.45, 2.75) is 26.3 Å². The molecule has 0 unspecified atom stereocenters. The predicted molar refractivity (Wildman–Crippen MR) is 117 cm³/mol. The van der Waals surface area contributed by atoms with Gasteiger partial charge in [0.2, 0.25) is 0 Å². The SMILES string of the molecule is CCc1cnc(N)c(C(=O)N[C@H](C)c2nnc3ccc(Nc4cccc(Cl)c4)nn23)n1. The highest BCUT2D eigenvalue weighted by molar-refractivity contribution is 6.30. The molecule has 0 aliphatic heterocycles. The number of halogens is 1. The van der Waals surface area contributed by atoms with Gasteiger partial charge in [0.05, 0.1) is 17.9 Å². The van der Waals surface area contributed by atoms with Gasteiger partial charge in [-0.15, -0.1) is 15.3 Å². The smallest absolute Gasteiger partial charge is 0.274 e. The summed E-state index contributed by atoms with van der Waals surface area (Å²) in [6.07, 6.45) is 2.20. The summed E-state index contributed by atoms with van der Waals surface area (Å²) in [4.78, 5) is 21.0. The molecule has 0 aliphatic carbocycles. The number of nitrogen functional groups attached to an aromatic ring is 1. The van der Waals surface area contributed by atoms with Crippen molar-refractivity contribution in [3.05, 3.63) is 64.8 Å². The van der Waals surface area contributed by atoms with Crippen molar-refractivity contribution in [3.63, 3.8) is 0 Å². The lowest BCUT2D eigenvalue weighted by atomic mass is 10.2. The molecular weight excluding hydrogens is 418 g/mol. The zero-order valence-electron chi connectivity index (χ0n) is 16.9. The third-order valence-electron chi connectivity index (χ3n) is 4.55. The van der Waals surface area contributed by atoms with Gasteiger partial charge in [-0.05, 0) is 43.7 Å². The standard InChI is InChI=1S/C20H20ClN9O/c1-3-13-10-23-18(22)17(26-13)20(31)24-11(2)19-28-27-16-8-7-15(29-30(16)19)25-14-6-4-5-12(21)9-14/h4-11H,3H2,1-2H3,(H2,22,23)(H,24,31)(H,25,29)/t11-/m1/s1. The molecule has 10 nitrogen and oxygen atoms in total. The first-order chi connectivity index (χ1) is 14.9. The fraction of sp³-hybridized carbons (Fsp3) is 0.200. The van der Waals surface area contributed by atoms with Gasteiger partial charge in [0, 0.05) is 10.7 Å². The second kappa shape index (κ2) is 8.52. The zero-order chi connectivity index (χ0) is 22.0. The third kappa shape index (κ3) is 4.38. The summed E-state index contributed by atoms with van der Waals surface area (Å²) in [5.41, 5.74) is 7.93. The van der Waals surface area contributed by atoms with Crippen molar-refractivity contribution in [2.75, 3.05) is 11.1 Å². The Morgan fingerprint density at radius 2 is 2.10 bits per heavy atom. The minimum atomic E-state index is -0.511. The van der Waals surface area contributed by atoms with Crippen LogP contribution in [0.1, 0.15) is 41.9 Å². The van der Waals surface area contributed by atoms with Crippen LogP contribution in [-0.4, -0.2) is 35.7 Å². The minimum absolute atomic E-state index is 0.0686. The van der Waals surface area contributed by atoms with Gasteiger partial charge in [0.25, 0.3) is 5.91 Å². The van der Waals surface area contributed by atoms with Gasteiger partial charge in [-0.3, -0.25) is 4.79 Å². The second-order valence-corrected chi connectivity index (χ2v) is 7.26. The van der Waals surface area contributed by atoms with Crippen molar-refractivity contribution in [2.24, 2.45) is 0 Å². The Kier molecular flexibility index (Phi) is 5.63. The summed E-state index contributed by atoms with van der Waals surface area (Å²) in [6, 6.07) is 10.3. The number of hydrogen-bond acceptors (Lipinski definition) is 8. The molecule has 31 heavy (non-hydrogen) atoms. The Morgan fingerprint density at radius 3 is 2.87 bits per heavy atom. The highest BCUT2D eigenvalue weighted by Crippen LogP contribution is 2.20. The summed E-state index contributed by atoms with van der Waals surface area (Å²) in [5.74, 6) is 0.647. The lowest BCUT2D eigenvalue weighted by Crippen LogP contribution is -2.30. The summed E-state index contributed by atoms with van der Waals surface area (Å²) >= 11 is 6.04. The van der Waals surface area contributed by atoms with E-state index in [2.05, 4.69) is 35.9 Å². The molecule has 4 N–H and O–H groups in total. The molecule has 158 valence electrons. The number of aromatic nitrogens is 6. The number of hydrogen-bond donors (Lipinski definition) is 3. The number of amides is 1. The van der Waals surface area contributed by atoms with Crippen LogP contribution < -0.4 is 16.4 Å². The number of anilines is 3. The van der Waals surface area contributed by atoms with Crippen molar-refractivity contribution in [1.82, 2.24) is 35.1 Å². The number of rotatable bonds is 6. The molecule has 3 aromatic heterocycles. The first-order valence-corrected chi connectivity index (χ1v) is 9.99. The molecule has 0 spiro atoms. The Balaban J connectivity index is 1.58. The molecule has 1 amide bonds. The molecule has 0 aliphatic rings. The molecule has 4 aromatic rings. The van der Waals surface area contributed by atoms with Crippen LogP contribution in [0.5, 0.6) is 0 Å². The number of nitrogens with two attached hydrogens (primary N) is 1. The fourth-order valence-electron chi connectivity index (χ4n) is 2.96. The molecule has 0 bridgehead atoms. The number of nitrogens with one attached hydrogen (secondary N) is 2. The average Bonchev–Trinajstić information content (AvgIpc) is 3.17. The molecular formula is C20H20ClN9O. The highest BCUT2D eigenvalue weighted by Gasteiger charge is 2.21. The van der Waals surface area contributed by atoms with Crippen LogP contribution in [0.3, 0.4) is 0 Å². The second-order valence-electron chi connectivity index (χ2n) is 6.83. The van der Waals surface area contributed by atoms with Crippen LogP contribution in [0.2, 0.25) is 5.02 Å². The van der Waals surface area contributed by atoms with Crippen molar-refractivity contribution in [3.8, 4) is 0 Å². The molecule has 1 atom stereocenters. The van der Waals surface area contributed by atoms with E-state index in [9.17, 15) is 4.79 Å². The maximum atomic E-state index is 12.7. The molecule has 0 saturated heterocycles. The monoisotopic (exact) mass is 437 g/mol. The van der Waals surface area contributed by atoms with Crippen LogP contribution in [0, 0.1) is 0 Å². The van der Waals surface area contributed by atoms with E-state index < -0.39 is 11.9 Å². The third-order valence-corrected chi connectivity index (χ3v) is 4.78. The maximum Gasteiger partial charge on any atom is 0.274 e. The van der Waals surface area contributed by atoms with Gasteiger partial charge in [-0.2, -0.15) is 4.52 Å². The predicted octanol–water partition coefficient (Wildman–Crippen LogP) is 2.95. The van der Waals surface area contributed by atoms with Gasteiger partial charge in [0.15, 0.2) is 28.8 Å². The van der Waals surface area contributed by atoms with E-state index in [1.807, 2.05) is 19.1 Å². The van der Waals surface area contributed by atoms with E-state index >= 15 is 0 Å². The Bertz CT molecular complexity index is 1260. The van der Waals surface area contributed by atoms with E-state index in [0.29, 0.717) is 34.4 Å². The Morgan fingerprint density at radius 1 is 1.26 bits per heavy atom.